The van der Waals surface area contributed by atoms with E-state index in [9.17, 15) is 38.1 Å². The Morgan fingerprint density at radius 2 is 1.57 bits per heavy atom. The molecule has 0 spiro atoms. The smallest absolute Gasteiger partial charge is 0.336 e. The van der Waals surface area contributed by atoms with Gasteiger partial charge in [-0.15, -0.1) is 0 Å². The molecule has 1 heterocycles. The molecule has 0 radical (unpaired) electrons. The average molecular weight is 527 g/mol. The highest BCUT2D eigenvalue weighted by Gasteiger charge is 2.37. The van der Waals surface area contributed by atoms with Crippen molar-refractivity contribution in [1.82, 2.24) is 4.31 Å². The fraction of sp³-hybridized carbons (Fsp3) is 0.0833. The van der Waals surface area contributed by atoms with Gasteiger partial charge in [0.25, 0.3) is 10.0 Å². The fourth-order valence-corrected chi connectivity index (χ4v) is 5.63. The molecule has 0 atom stereocenters. The Morgan fingerprint density at radius 3 is 2.19 bits per heavy atom. The fourth-order valence-electron chi connectivity index (χ4n) is 4.06. The molecule has 1 aliphatic heterocycles. The molecular formula is C24H20N3O9S+. The zero-order valence-electron chi connectivity index (χ0n) is 18.9. The summed E-state index contributed by atoms with van der Waals surface area (Å²) in [5, 5.41) is 34.3. The minimum atomic E-state index is -4.85. The van der Waals surface area contributed by atoms with Crippen molar-refractivity contribution in [3.8, 4) is 22.5 Å². The second-order valence-electron chi connectivity index (χ2n) is 8.00. The lowest BCUT2D eigenvalue weighted by Gasteiger charge is -2.22. The minimum Gasteiger partial charge on any atom is -0.480 e. The van der Waals surface area contributed by atoms with Gasteiger partial charge in [-0.2, -0.15) is 4.31 Å². The number of carboxylic acid groups (broad SMARTS) is 3. The molecule has 0 saturated heterocycles. The SMILES string of the molecule is Nc1ccc2c(-c3ccccc3C(=O)O)c3ccc(=[NH2+])c(S(=O)(=O)N(CC(=O)O)CC(=O)O)c-3oc2c1. The number of aromatic carboxylic acids is 1. The number of hydrogen-bond donors (Lipinski definition) is 5. The van der Waals surface area contributed by atoms with Crippen LogP contribution < -0.4 is 16.5 Å². The number of nitrogens with zero attached hydrogens (tertiary/aromatic N) is 1. The van der Waals surface area contributed by atoms with Crippen molar-refractivity contribution in [1.29, 1.82) is 0 Å². The van der Waals surface area contributed by atoms with Gasteiger partial charge in [-0.1, -0.05) is 18.2 Å². The zero-order chi connectivity index (χ0) is 27.1. The van der Waals surface area contributed by atoms with Crippen molar-refractivity contribution in [3.63, 3.8) is 0 Å². The number of fused-ring (bicyclic) bond motifs is 2. The third-order valence-electron chi connectivity index (χ3n) is 5.55. The molecule has 13 heteroatoms. The Morgan fingerprint density at radius 1 is 0.919 bits per heavy atom. The van der Waals surface area contributed by atoms with E-state index in [-0.39, 0.29) is 43.4 Å². The van der Waals surface area contributed by atoms with Gasteiger partial charge < -0.3 is 25.5 Å². The topological polar surface area (TPSA) is 214 Å². The lowest BCUT2D eigenvalue weighted by Crippen LogP contribution is -2.50. The Labute approximate surface area is 208 Å². The molecule has 0 unspecified atom stereocenters. The maximum atomic E-state index is 13.6. The number of nitrogen functional groups attached to an aromatic ring is 1. The summed E-state index contributed by atoms with van der Waals surface area (Å²) in [6.07, 6.45) is 0. The van der Waals surface area contributed by atoms with Crippen molar-refractivity contribution in [3.05, 3.63) is 65.5 Å². The molecule has 0 fully saturated rings. The summed E-state index contributed by atoms with van der Waals surface area (Å²) in [7, 11) is -4.85. The number of hydrogen-bond acceptors (Lipinski definition) is 7. The number of rotatable bonds is 8. The van der Waals surface area contributed by atoms with E-state index in [4.69, 9.17) is 15.6 Å². The minimum absolute atomic E-state index is 0.0762. The van der Waals surface area contributed by atoms with Crippen molar-refractivity contribution >= 4 is 44.6 Å². The number of aliphatic carboxylic acids is 2. The van der Waals surface area contributed by atoms with Crippen LogP contribution in [0.3, 0.4) is 0 Å². The van der Waals surface area contributed by atoms with E-state index in [0.717, 1.165) is 0 Å². The maximum absolute atomic E-state index is 13.6. The van der Waals surface area contributed by atoms with E-state index in [2.05, 4.69) is 0 Å². The van der Waals surface area contributed by atoms with Crippen LogP contribution >= 0.6 is 0 Å². The number of nitrogens with two attached hydrogens (primary N) is 2. The Kier molecular flexibility index (Phi) is 6.42. The zero-order valence-corrected chi connectivity index (χ0v) is 19.7. The molecule has 190 valence electrons. The summed E-state index contributed by atoms with van der Waals surface area (Å²) < 4.78 is 33.4. The quantitative estimate of drug-likeness (QED) is 0.156. The largest absolute Gasteiger partial charge is 0.480 e. The molecule has 4 rings (SSSR count). The van der Waals surface area contributed by atoms with Gasteiger partial charge >= 0.3 is 17.9 Å². The summed E-state index contributed by atoms with van der Waals surface area (Å²) in [6, 6.07) is 13.3. The van der Waals surface area contributed by atoms with Crippen LogP contribution in [0.25, 0.3) is 33.4 Å². The molecule has 2 aromatic rings. The van der Waals surface area contributed by atoms with Crippen molar-refractivity contribution in [2.45, 2.75) is 4.90 Å². The number of carbonyl (C=O) groups is 3. The molecule has 0 saturated carbocycles. The van der Waals surface area contributed by atoms with Gasteiger partial charge in [-0.3, -0.25) is 15.0 Å². The van der Waals surface area contributed by atoms with Gasteiger partial charge in [0, 0.05) is 34.3 Å². The van der Waals surface area contributed by atoms with Gasteiger partial charge in [0.1, 0.15) is 18.7 Å². The van der Waals surface area contributed by atoms with Crippen LogP contribution in [0, 0.1) is 0 Å². The first-order valence-corrected chi connectivity index (χ1v) is 12.0. The molecule has 0 aromatic heterocycles. The van der Waals surface area contributed by atoms with Gasteiger partial charge in [-0.25, -0.2) is 13.2 Å². The van der Waals surface area contributed by atoms with E-state index in [1.807, 2.05) is 0 Å². The van der Waals surface area contributed by atoms with E-state index >= 15 is 0 Å². The van der Waals surface area contributed by atoms with Crippen molar-refractivity contribution in [2.75, 3.05) is 18.8 Å². The molecule has 12 nitrogen and oxygen atoms in total. The summed E-state index contributed by atoms with van der Waals surface area (Å²) in [5.74, 6) is -4.73. The first kappa shape index (κ1) is 25.3. The molecule has 2 aliphatic rings. The molecule has 1 aliphatic carbocycles. The van der Waals surface area contributed by atoms with Gasteiger partial charge in [-0.05, 0) is 29.8 Å². The highest BCUT2D eigenvalue weighted by Crippen LogP contribution is 2.43. The van der Waals surface area contributed by atoms with Crippen LogP contribution in [0.5, 0.6) is 0 Å². The summed E-state index contributed by atoms with van der Waals surface area (Å²) in [6.45, 7) is -2.31. The number of benzene rings is 3. The summed E-state index contributed by atoms with van der Waals surface area (Å²) in [4.78, 5) is 34.1. The average Bonchev–Trinajstić information content (AvgIpc) is 2.81. The molecular weight excluding hydrogens is 506 g/mol. The Bertz CT molecular complexity index is 1710. The van der Waals surface area contributed by atoms with E-state index in [1.54, 1.807) is 24.3 Å². The van der Waals surface area contributed by atoms with Gasteiger partial charge in [0.15, 0.2) is 10.7 Å². The second kappa shape index (κ2) is 9.37. The summed E-state index contributed by atoms with van der Waals surface area (Å²) in [5.41, 5.74) is 6.87. The molecule has 37 heavy (non-hydrogen) atoms. The normalized spacial score (nSPS) is 11.7. The highest BCUT2D eigenvalue weighted by molar-refractivity contribution is 7.89. The van der Waals surface area contributed by atoms with Crippen LogP contribution in [-0.4, -0.2) is 59.0 Å². The second-order valence-corrected chi connectivity index (χ2v) is 9.88. The van der Waals surface area contributed by atoms with Gasteiger partial charge in [0.2, 0.25) is 5.36 Å². The van der Waals surface area contributed by atoms with Crippen LogP contribution in [-0.2, 0) is 19.6 Å². The monoisotopic (exact) mass is 526 g/mol. The molecule has 2 aromatic carbocycles. The predicted molar refractivity (Wildman–Crippen MR) is 129 cm³/mol. The first-order chi connectivity index (χ1) is 17.4. The summed E-state index contributed by atoms with van der Waals surface area (Å²) >= 11 is 0. The van der Waals surface area contributed by atoms with Crippen molar-refractivity contribution in [2.24, 2.45) is 0 Å². The number of anilines is 1. The van der Waals surface area contributed by atoms with E-state index in [1.165, 1.54) is 30.3 Å². The van der Waals surface area contributed by atoms with Crippen LogP contribution in [0.1, 0.15) is 10.4 Å². The maximum Gasteiger partial charge on any atom is 0.336 e. The lowest BCUT2D eigenvalue weighted by atomic mass is 9.90. The van der Waals surface area contributed by atoms with Crippen LogP contribution in [0.4, 0.5) is 5.69 Å². The Balaban J connectivity index is 2.15. The number of sulfonamides is 1. The molecule has 7 N–H and O–H groups in total. The highest BCUT2D eigenvalue weighted by atomic mass is 32.2. The Hall–Kier alpha value is -4.75. The predicted octanol–water partition coefficient (Wildman–Crippen LogP) is 0.305. The van der Waals surface area contributed by atoms with E-state index < -0.39 is 45.9 Å². The van der Waals surface area contributed by atoms with Crippen LogP contribution in [0.15, 0.2) is 63.9 Å². The molecule has 0 bridgehead atoms. The van der Waals surface area contributed by atoms with Gasteiger partial charge in [0.05, 0.1) is 5.56 Å². The third kappa shape index (κ3) is 4.60. The standard InChI is InChI=1S/C24H19N3O9S/c25-12-5-6-15-18(9-12)36-22-16(21(15)13-3-1-2-4-14(13)24(32)33)7-8-17(26)23(22)37(34,35)27(10-19(28)29)11-20(30)31/h1-9,26H,10-11,25H2,(H,28,29)(H,30,31)(H,32,33)/p+1. The van der Waals surface area contributed by atoms with E-state index in [0.29, 0.717) is 10.9 Å². The molecule has 0 amide bonds. The first-order valence-electron chi connectivity index (χ1n) is 10.6. The lowest BCUT2D eigenvalue weighted by molar-refractivity contribution is -0.176. The number of carboxylic acids is 3. The third-order valence-corrected chi connectivity index (χ3v) is 7.42. The van der Waals surface area contributed by atoms with Crippen LogP contribution in [0.2, 0.25) is 0 Å². The van der Waals surface area contributed by atoms with Crippen molar-refractivity contribution < 1.29 is 47.9 Å².